The Labute approximate surface area is 109 Å². The van der Waals surface area contributed by atoms with Crippen molar-refractivity contribution in [3.05, 3.63) is 15.4 Å². The van der Waals surface area contributed by atoms with Gasteiger partial charge in [0.25, 0.3) is 0 Å². The Morgan fingerprint density at radius 3 is 2.93 bits per heavy atom. The maximum Gasteiger partial charge on any atom is 0.226 e. The maximum absolute atomic E-state index is 11.4. The Morgan fingerprint density at radius 1 is 1.60 bits per heavy atom. The number of aromatic nitrogens is 2. The summed E-state index contributed by atoms with van der Waals surface area (Å²) < 4.78 is 1.14. The monoisotopic (exact) mass is 353 g/mol. The molecule has 1 heterocycles. The molecule has 0 aliphatic carbocycles. The van der Waals surface area contributed by atoms with Crippen LogP contribution in [0.4, 0.5) is 5.82 Å². The molecule has 7 heteroatoms. The summed E-state index contributed by atoms with van der Waals surface area (Å²) in [5, 5.41) is 2.68. The number of thioether (sulfide) groups is 1. The lowest BCUT2D eigenvalue weighted by Crippen LogP contribution is -2.14. The number of anilines is 1. The van der Waals surface area contributed by atoms with Crippen LogP contribution < -0.4 is 5.32 Å². The van der Waals surface area contributed by atoms with E-state index in [1.807, 2.05) is 6.26 Å². The normalized spacial score (nSPS) is 10.1. The molecule has 0 spiro atoms. The van der Waals surface area contributed by atoms with E-state index >= 15 is 0 Å². The van der Waals surface area contributed by atoms with Gasteiger partial charge in [0.1, 0.15) is 9.21 Å². The first kappa shape index (κ1) is 12.9. The van der Waals surface area contributed by atoms with E-state index in [1.54, 1.807) is 11.8 Å². The second kappa shape index (κ2) is 6.44. The van der Waals surface area contributed by atoms with Crippen molar-refractivity contribution in [1.29, 1.82) is 0 Å². The van der Waals surface area contributed by atoms with Gasteiger partial charge in [0.15, 0.2) is 5.82 Å². The van der Waals surface area contributed by atoms with Crippen molar-refractivity contribution in [2.45, 2.75) is 6.42 Å². The van der Waals surface area contributed by atoms with Crippen molar-refractivity contribution >= 4 is 55.3 Å². The van der Waals surface area contributed by atoms with Gasteiger partial charge in [-0.05, 0) is 38.1 Å². The number of hydrogen-bond donors (Lipinski definition) is 1. The fraction of sp³-hybridized carbons (Fsp3) is 0.375. The molecule has 0 aliphatic rings. The van der Waals surface area contributed by atoms with Crippen molar-refractivity contribution in [2.75, 3.05) is 17.3 Å². The molecule has 0 radical (unpaired) electrons. The highest BCUT2D eigenvalue weighted by Gasteiger charge is 2.07. The van der Waals surface area contributed by atoms with Crippen LogP contribution in [-0.4, -0.2) is 27.9 Å². The van der Waals surface area contributed by atoms with E-state index in [2.05, 4.69) is 47.1 Å². The highest BCUT2D eigenvalue weighted by atomic mass is 79.9. The Morgan fingerprint density at radius 2 is 2.33 bits per heavy atom. The van der Waals surface area contributed by atoms with Crippen molar-refractivity contribution in [3.63, 3.8) is 0 Å². The number of rotatable bonds is 4. The molecular weight excluding hydrogens is 346 g/mol. The summed E-state index contributed by atoms with van der Waals surface area (Å²) in [7, 11) is 0. The van der Waals surface area contributed by atoms with E-state index in [4.69, 9.17) is 0 Å². The Balaban J connectivity index is 2.60. The molecule has 0 aliphatic heterocycles. The first-order valence-corrected chi connectivity index (χ1v) is 7.08. The number of hydrogen-bond acceptors (Lipinski definition) is 4. The molecule has 82 valence electrons. The SMILES string of the molecule is CSCCC(=O)Nc1ncc(Br)nc1Br. The molecule has 0 saturated heterocycles. The molecule has 1 amide bonds. The molecule has 1 rings (SSSR count). The van der Waals surface area contributed by atoms with Crippen molar-refractivity contribution in [2.24, 2.45) is 0 Å². The largest absolute Gasteiger partial charge is 0.308 e. The molecule has 0 aromatic carbocycles. The van der Waals surface area contributed by atoms with Crippen LogP contribution in [0.2, 0.25) is 0 Å². The third kappa shape index (κ3) is 4.48. The molecule has 1 aromatic heterocycles. The summed E-state index contributed by atoms with van der Waals surface area (Å²) in [5.74, 6) is 1.19. The number of halogens is 2. The average molecular weight is 355 g/mol. The van der Waals surface area contributed by atoms with Gasteiger partial charge in [-0.1, -0.05) is 0 Å². The van der Waals surface area contributed by atoms with Gasteiger partial charge in [-0.2, -0.15) is 11.8 Å². The minimum atomic E-state index is -0.0540. The van der Waals surface area contributed by atoms with Crippen LogP contribution in [0.25, 0.3) is 0 Å². The zero-order chi connectivity index (χ0) is 11.3. The van der Waals surface area contributed by atoms with Gasteiger partial charge in [0.05, 0.1) is 6.20 Å². The van der Waals surface area contributed by atoms with E-state index in [-0.39, 0.29) is 5.91 Å². The molecule has 0 bridgehead atoms. The summed E-state index contributed by atoms with van der Waals surface area (Å²) in [4.78, 5) is 19.5. The molecule has 1 N–H and O–H groups in total. The predicted molar refractivity (Wildman–Crippen MR) is 69.1 cm³/mol. The minimum absolute atomic E-state index is 0.0540. The first-order valence-electron chi connectivity index (χ1n) is 4.10. The van der Waals surface area contributed by atoms with E-state index < -0.39 is 0 Å². The van der Waals surface area contributed by atoms with Gasteiger partial charge in [0.2, 0.25) is 5.91 Å². The van der Waals surface area contributed by atoms with E-state index in [9.17, 15) is 4.79 Å². The zero-order valence-electron chi connectivity index (χ0n) is 7.96. The van der Waals surface area contributed by atoms with Crippen molar-refractivity contribution in [3.8, 4) is 0 Å². The van der Waals surface area contributed by atoms with Gasteiger partial charge in [0, 0.05) is 12.2 Å². The van der Waals surface area contributed by atoms with Crippen LogP contribution in [0.1, 0.15) is 6.42 Å². The summed E-state index contributed by atoms with van der Waals surface area (Å²) in [6, 6.07) is 0. The van der Waals surface area contributed by atoms with Crippen LogP contribution in [0.15, 0.2) is 15.4 Å². The second-order valence-corrected chi connectivity index (χ2v) is 5.17. The average Bonchev–Trinajstić information content (AvgIpc) is 2.19. The maximum atomic E-state index is 11.4. The van der Waals surface area contributed by atoms with Gasteiger partial charge in [-0.25, -0.2) is 9.97 Å². The second-order valence-electron chi connectivity index (χ2n) is 2.62. The number of nitrogens with one attached hydrogen (secondary N) is 1. The molecule has 0 saturated carbocycles. The fourth-order valence-electron chi connectivity index (χ4n) is 0.820. The fourth-order valence-corrected chi connectivity index (χ4v) is 2.12. The lowest BCUT2D eigenvalue weighted by Gasteiger charge is -2.04. The van der Waals surface area contributed by atoms with Crippen molar-refractivity contribution < 1.29 is 4.79 Å². The predicted octanol–water partition coefficient (Wildman–Crippen LogP) is 2.69. The highest BCUT2D eigenvalue weighted by Crippen LogP contribution is 2.19. The lowest BCUT2D eigenvalue weighted by atomic mass is 10.4. The third-order valence-corrected chi connectivity index (χ3v) is 3.04. The Bertz CT molecular complexity index is 362. The lowest BCUT2D eigenvalue weighted by molar-refractivity contribution is -0.115. The molecule has 1 aromatic rings. The van der Waals surface area contributed by atoms with Crippen LogP contribution in [0.5, 0.6) is 0 Å². The summed E-state index contributed by atoms with van der Waals surface area (Å²) in [6.45, 7) is 0. The van der Waals surface area contributed by atoms with Crippen LogP contribution in [0, 0.1) is 0 Å². The molecular formula is C8H9Br2N3OS. The van der Waals surface area contributed by atoms with Gasteiger partial charge >= 0.3 is 0 Å². The van der Waals surface area contributed by atoms with Crippen LogP contribution in [0.3, 0.4) is 0 Å². The van der Waals surface area contributed by atoms with E-state index in [0.717, 1.165) is 5.75 Å². The molecule has 0 unspecified atom stereocenters. The van der Waals surface area contributed by atoms with E-state index in [0.29, 0.717) is 21.4 Å². The molecule has 0 fully saturated rings. The topological polar surface area (TPSA) is 54.9 Å². The number of carbonyl (C=O) groups excluding carboxylic acids is 1. The van der Waals surface area contributed by atoms with Crippen LogP contribution >= 0.6 is 43.6 Å². The summed E-state index contributed by atoms with van der Waals surface area (Å²) in [6.07, 6.45) is 3.98. The number of amides is 1. The third-order valence-electron chi connectivity index (χ3n) is 1.49. The van der Waals surface area contributed by atoms with Gasteiger partial charge in [-0.3, -0.25) is 4.79 Å². The number of nitrogens with zero attached hydrogens (tertiary/aromatic N) is 2. The zero-order valence-corrected chi connectivity index (χ0v) is 11.9. The molecule has 4 nitrogen and oxygen atoms in total. The summed E-state index contributed by atoms with van der Waals surface area (Å²) >= 11 is 8.04. The Kier molecular flexibility index (Phi) is 5.55. The quantitative estimate of drug-likeness (QED) is 0.903. The molecule has 0 atom stereocenters. The van der Waals surface area contributed by atoms with Gasteiger partial charge < -0.3 is 5.32 Å². The smallest absolute Gasteiger partial charge is 0.226 e. The standard InChI is InChI=1S/C8H9Br2N3OS/c1-15-3-2-6(14)13-8-7(10)12-5(9)4-11-8/h4H,2-3H2,1H3,(H,11,13,14). The van der Waals surface area contributed by atoms with Gasteiger partial charge in [-0.15, -0.1) is 0 Å². The minimum Gasteiger partial charge on any atom is -0.308 e. The Hall–Kier alpha value is -0.140. The summed E-state index contributed by atoms with van der Waals surface area (Å²) in [5.41, 5.74) is 0. The van der Waals surface area contributed by atoms with Crippen molar-refractivity contribution in [1.82, 2.24) is 9.97 Å². The highest BCUT2D eigenvalue weighted by molar-refractivity contribution is 9.11. The number of carbonyl (C=O) groups is 1. The van der Waals surface area contributed by atoms with Crippen LogP contribution in [-0.2, 0) is 4.79 Å². The van der Waals surface area contributed by atoms with E-state index in [1.165, 1.54) is 6.20 Å². The first-order chi connectivity index (χ1) is 7.13. The molecule has 15 heavy (non-hydrogen) atoms.